The Morgan fingerprint density at radius 1 is 0.500 bits per heavy atom. The van der Waals surface area contributed by atoms with E-state index in [-0.39, 0.29) is 62.4 Å². The molecule has 2 aromatic heterocycles. The molecule has 4 aromatic carbocycles. The first-order valence-corrected chi connectivity index (χ1v) is 50.9. The number of carbonyl (C=O) groups is 8. The maximum absolute atomic E-state index is 15.2. The molecule has 0 spiro atoms. The van der Waals surface area contributed by atoms with Crippen molar-refractivity contribution in [2.24, 2.45) is 58.2 Å². The van der Waals surface area contributed by atoms with Crippen molar-refractivity contribution in [1.29, 1.82) is 0 Å². The zero-order valence-corrected chi connectivity index (χ0v) is 81.8. The van der Waals surface area contributed by atoms with Gasteiger partial charge in [0.25, 0.3) is 0 Å². The minimum atomic E-state index is -4.88. The molecule has 748 valence electrons. The number of ketones is 2. The summed E-state index contributed by atoms with van der Waals surface area (Å²) in [6, 6.07) is 28.2. The molecule has 0 radical (unpaired) electrons. The lowest BCUT2D eigenvalue weighted by Crippen LogP contribution is -2.48. The summed E-state index contributed by atoms with van der Waals surface area (Å²) in [7, 11) is -5.01. The fourth-order valence-corrected chi connectivity index (χ4v) is 22.7. The first-order valence-electron chi connectivity index (χ1n) is 47.9. The van der Waals surface area contributed by atoms with Gasteiger partial charge >= 0.3 is 24.3 Å². The van der Waals surface area contributed by atoms with Gasteiger partial charge in [-0.15, -0.1) is 0 Å². The summed E-state index contributed by atoms with van der Waals surface area (Å²) in [5, 5.41) is 2.73. The second kappa shape index (κ2) is 39.9. The van der Waals surface area contributed by atoms with Gasteiger partial charge in [0, 0.05) is 85.1 Å². The second-order valence-electron chi connectivity index (χ2n) is 41.3. The highest BCUT2D eigenvalue weighted by Crippen LogP contribution is 2.60. The standard InChI is InChI=1S/2C51H63F3N4O10S/c2*1-31-9-7-8-10-35-28-50(35,47(62)56-69(63,64)49(5)17-18-49)29-43(59)42-26-38(30-58(42)46(61)40(32(2)23-31)27-44(60)68-48(3,4)51(52,53)54)67-45-39-16-15-37(65-6)24-34(39)25-41(55-45)33-11-13-36(14-12-33)57-19-21-66-22-20-57/h2*8,10-16,24-25,31-32,35,38,40,42H,7,9,17-23,26-30H2,1-6H3,(H,56,62)/b2*10-8-/t31-,32+,35+,38+,40-,42-,50+;31-,32-,35-,38-,40+,42+,50-/m01/s1. The molecule has 14 atom stereocenters. The average molecular weight is 1960 g/mol. The van der Waals surface area contributed by atoms with Crippen LogP contribution in [0.15, 0.2) is 121 Å². The number of halogens is 6. The summed E-state index contributed by atoms with van der Waals surface area (Å²) < 4.78 is 185. The lowest BCUT2D eigenvalue weighted by atomic mass is 9.82. The maximum Gasteiger partial charge on any atom is 0.427 e. The Kier molecular flexibility index (Phi) is 29.5. The van der Waals surface area contributed by atoms with E-state index in [0.29, 0.717) is 124 Å². The summed E-state index contributed by atoms with van der Waals surface area (Å²) in [4.78, 5) is 133. The van der Waals surface area contributed by atoms with Crippen LogP contribution in [-0.2, 0) is 77.4 Å². The summed E-state index contributed by atoms with van der Waals surface area (Å²) in [5.41, 5.74) is -3.65. The molecule has 4 saturated heterocycles. The highest BCUT2D eigenvalue weighted by Gasteiger charge is 2.65. The van der Waals surface area contributed by atoms with Crippen molar-refractivity contribution in [3.8, 4) is 45.8 Å². The number of methoxy groups -OCH3 is 2. The number of amides is 4. The third-order valence-corrected chi connectivity index (χ3v) is 34.4. The van der Waals surface area contributed by atoms with Gasteiger partial charge in [-0.25, -0.2) is 26.8 Å². The van der Waals surface area contributed by atoms with Crippen LogP contribution in [0.3, 0.4) is 0 Å². The van der Waals surface area contributed by atoms with Crippen LogP contribution in [0.4, 0.5) is 37.7 Å². The molecule has 4 saturated carbocycles. The zero-order chi connectivity index (χ0) is 99.4. The van der Waals surface area contributed by atoms with Crippen molar-refractivity contribution in [3.63, 3.8) is 0 Å². The zero-order valence-electron chi connectivity index (χ0n) is 80.2. The number of pyridine rings is 2. The number of hydrogen-bond acceptors (Lipinski definition) is 24. The number of esters is 2. The largest absolute Gasteiger partial charge is 0.497 e. The van der Waals surface area contributed by atoms with Gasteiger partial charge in [0.15, 0.2) is 11.6 Å². The van der Waals surface area contributed by atoms with E-state index in [4.69, 9.17) is 47.9 Å². The average Bonchev–Trinajstić information content (AvgIpc) is 1.56. The molecule has 6 aromatic rings. The van der Waals surface area contributed by atoms with Gasteiger partial charge < -0.3 is 57.5 Å². The predicted octanol–water partition coefficient (Wildman–Crippen LogP) is 15.9. The van der Waals surface area contributed by atoms with Crippen LogP contribution in [-0.4, -0.2) is 221 Å². The van der Waals surface area contributed by atoms with Crippen LogP contribution in [0.25, 0.3) is 44.1 Å². The molecule has 0 bridgehead atoms. The number of ether oxygens (including phenoxy) is 8. The SMILES string of the molecule is COc1ccc2c(O[C@@H]3C[C@H]4C(=O)C[C@]5(C(=O)NS(=O)(=O)C6(C)CC6)C[C@H]5/C=C\CC[C@@H](C)C[C@@H](C)[C@H](CC(=O)OC(C)(C)C(F)(F)F)C(=O)N4C3)nc(-c3ccc(N4CCOCC4)cc3)cc2c1.COc1ccc2c(O[C@@H]3C[C@H]4C(=O)C[C@]5(C(=O)NS(=O)(=O)C6(C)CC6)C[C@H]5/C=C\CC[C@H](C)C[C@@H](C)[C@H](CC(=O)OC(C)(C)C(F)(F)F)C(=O)N4C3)nc(-c3ccc(N4CCOCC4)cc3)cc2c1. The van der Waals surface area contributed by atoms with E-state index in [2.05, 4.69) is 19.2 Å². The van der Waals surface area contributed by atoms with Crippen molar-refractivity contribution in [1.82, 2.24) is 29.2 Å². The minimum absolute atomic E-state index is 0.00248. The Bertz CT molecular complexity index is 5550. The van der Waals surface area contributed by atoms with Gasteiger partial charge in [-0.05, 0) is 238 Å². The van der Waals surface area contributed by atoms with Crippen LogP contribution < -0.4 is 38.2 Å². The van der Waals surface area contributed by atoms with Crippen LogP contribution in [0.2, 0.25) is 0 Å². The number of benzene rings is 4. The highest BCUT2D eigenvalue weighted by molar-refractivity contribution is 7.92. The number of alkyl halides is 6. The molecule has 4 amide bonds. The van der Waals surface area contributed by atoms with Crippen LogP contribution in [0.5, 0.6) is 23.3 Å². The number of rotatable bonds is 22. The lowest BCUT2D eigenvalue weighted by Gasteiger charge is -2.33. The number of nitrogens with one attached hydrogen (secondary N) is 2. The number of Topliss-reactive ketones (excluding diaryl/α,β-unsaturated/α-hetero) is 2. The Morgan fingerprint density at radius 3 is 1.19 bits per heavy atom. The van der Waals surface area contributed by atoms with Gasteiger partial charge in [0.1, 0.15) is 23.7 Å². The van der Waals surface area contributed by atoms with Crippen LogP contribution in [0, 0.1) is 58.2 Å². The Morgan fingerprint density at radius 2 is 0.855 bits per heavy atom. The summed E-state index contributed by atoms with van der Waals surface area (Å²) in [6.07, 6.45) is -0.842. The molecule has 138 heavy (non-hydrogen) atoms. The summed E-state index contributed by atoms with van der Waals surface area (Å²) >= 11 is 0. The summed E-state index contributed by atoms with van der Waals surface area (Å²) in [5.74, 6) is -9.02. The van der Waals surface area contributed by atoms with E-state index in [1.165, 1.54) is 9.80 Å². The normalized spacial score (nSPS) is 28.1. The fraction of sp³-hybridized carbons (Fsp3) is 0.588. The Labute approximate surface area is 801 Å². The molecule has 36 heteroatoms. The van der Waals surface area contributed by atoms with Crippen molar-refractivity contribution < 1.29 is 119 Å². The number of hydrogen-bond donors (Lipinski definition) is 2. The minimum Gasteiger partial charge on any atom is -0.497 e. The van der Waals surface area contributed by atoms with Crippen molar-refractivity contribution >= 4 is 100 Å². The van der Waals surface area contributed by atoms with Crippen molar-refractivity contribution in [3.05, 3.63) is 121 Å². The number of allylic oxidation sites excluding steroid dienone is 4. The van der Waals surface area contributed by atoms with E-state index in [1.54, 1.807) is 66.2 Å². The molecular weight excluding hydrogens is 1840 g/mol. The molecule has 10 aliphatic rings. The number of nitrogens with zero attached hydrogens (tertiary/aromatic N) is 6. The molecule has 6 aliphatic heterocycles. The highest BCUT2D eigenvalue weighted by atomic mass is 32.2. The van der Waals surface area contributed by atoms with E-state index < -0.39 is 197 Å². The van der Waals surface area contributed by atoms with Crippen molar-refractivity contribution in [2.75, 3.05) is 89.7 Å². The molecular formula is C102H126F6N8O20S2. The first-order chi connectivity index (χ1) is 65.1. The number of morpholine rings is 2. The van der Waals surface area contributed by atoms with E-state index in [9.17, 15) is 71.9 Å². The van der Waals surface area contributed by atoms with Gasteiger partial charge in [-0.3, -0.25) is 47.8 Å². The first kappa shape index (κ1) is 102. The van der Waals surface area contributed by atoms with Gasteiger partial charge in [-0.2, -0.15) is 26.3 Å². The van der Waals surface area contributed by atoms with Crippen LogP contribution in [0.1, 0.15) is 185 Å². The summed E-state index contributed by atoms with van der Waals surface area (Å²) in [6.45, 7) is 18.9. The smallest absolute Gasteiger partial charge is 0.427 e. The van der Waals surface area contributed by atoms with Gasteiger partial charge in [0.2, 0.25) is 66.6 Å². The third-order valence-electron chi connectivity index (χ3n) is 30.1. The predicted molar refractivity (Wildman–Crippen MR) is 504 cm³/mol. The number of carbonyl (C=O) groups excluding carboxylic acids is 8. The van der Waals surface area contributed by atoms with E-state index in [0.717, 1.165) is 87.1 Å². The van der Waals surface area contributed by atoms with Crippen LogP contribution >= 0.6 is 0 Å². The topological polar surface area (TPSA) is 341 Å². The molecule has 2 N–H and O–H groups in total. The van der Waals surface area contributed by atoms with Gasteiger partial charge in [0.05, 0.1) is 122 Å². The Hall–Kier alpha value is -10.5. The molecule has 0 unspecified atom stereocenters. The second-order valence-corrected chi connectivity index (χ2v) is 45.7. The molecule has 8 heterocycles. The fourth-order valence-electron chi connectivity index (χ4n) is 20.1. The quantitative estimate of drug-likeness (QED) is 0.0362. The van der Waals surface area contributed by atoms with E-state index in [1.807, 2.05) is 111 Å². The third kappa shape index (κ3) is 22.3. The van der Waals surface area contributed by atoms with Crippen molar-refractivity contribution in [2.45, 2.75) is 242 Å². The molecule has 16 rings (SSSR count). The monoisotopic (exact) mass is 1960 g/mol. The molecule has 8 fully saturated rings. The number of aromatic nitrogens is 2. The maximum atomic E-state index is 15.2. The number of anilines is 2. The number of sulfonamides is 2. The Balaban J connectivity index is 0.000000209. The molecule has 28 nitrogen and oxygen atoms in total. The van der Waals surface area contributed by atoms with Gasteiger partial charge in [-0.1, -0.05) is 76.3 Å². The van der Waals surface area contributed by atoms with E-state index >= 15 is 9.59 Å². The number of fused-ring (bicyclic) bond motifs is 6. The molecule has 4 aliphatic carbocycles. The lowest BCUT2D eigenvalue weighted by molar-refractivity contribution is -0.257.